The minimum atomic E-state index is -0.178. The highest BCUT2D eigenvalue weighted by Gasteiger charge is 2.21. The Morgan fingerprint density at radius 2 is 2.46 bits per heavy atom. The monoisotopic (exact) mass is 185 g/mol. The third-order valence-corrected chi connectivity index (χ3v) is 2.45. The molecule has 0 saturated carbocycles. The van der Waals surface area contributed by atoms with Gasteiger partial charge in [0.1, 0.15) is 5.83 Å². The van der Waals surface area contributed by atoms with Crippen molar-refractivity contribution in [2.75, 3.05) is 13.1 Å². The van der Waals surface area contributed by atoms with Gasteiger partial charge in [0.05, 0.1) is 6.54 Å². The number of carbonyl (C=O) groups excluding carboxylic acids is 1. The quantitative estimate of drug-likeness (QED) is 0.645. The van der Waals surface area contributed by atoms with Gasteiger partial charge in [-0.3, -0.25) is 4.79 Å². The number of carbonyl (C=O) groups is 1. The van der Waals surface area contributed by atoms with Crippen LogP contribution in [0.5, 0.6) is 0 Å². The number of hydrogen-bond donors (Lipinski definition) is 0. The molecule has 1 heterocycles. The summed E-state index contributed by atoms with van der Waals surface area (Å²) in [5.74, 6) is -0.0837. The fraction of sp³-hybridized carbons (Fsp3) is 0.700. The van der Waals surface area contributed by atoms with Gasteiger partial charge < -0.3 is 4.90 Å². The van der Waals surface area contributed by atoms with E-state index in [0.29, 0.717) is 13.0 Å². The molecule has 0 saturated heterocycles. The average Bonchev–Trinajstić information content (AvgIpc) is 2.15. The molecule has 0 bridgehead atoms. The Hall–Kier alpha value is -0.860. The van der Waals surface area contributed by atoms with Crippen LogP contribution in [-0.2, 0) is 4.79 Å². The van der Waals surface area contributed by atoms with Crippen molar-refractivity contribution < 1.29 is 9.18 Å². The topological polar surface area (TPSA) is 20.3 Å². The molecule has 3 heteroatoms. The Morgan fingerprint density at radius 1 is 1.77 bits per heavy atom. The summed E-state index contributed by atoms with van der Waals surface area (Å²) in [6, 6.07) is 0. The molecule has 1 amide bonds. The van der Waals surface area contributed by atoms with Crippen molar-refractivity contribution in [2.45, 2.75) is 26.7 Å². The van der Waals surface area contributed by atoms with E-state index in [1.54, 1.807) is 11.0 Å². The second-order valence-electron chi connectivity index (χ2n) is 3.51. The largest absolute Gasteiger partial charge is 0.335 e. The summed E-state index contributed by atoms with van der Waals surface area (Å²) in [5, 5.41) is 0. The first-order valence-electron chi connectivity index (χ1n) is 4.78. The summed E-state index contributed by atoms with van der Waals surface area (Å²) in [4.78, 5) is 13.2. The highest BCUT2D eigenvalue weighted by atomic mass is 19.1. The van der Waals surface area contributed by atoms with Gasteiger partial charge in [0.2, 0.25) is 5.91 Å². The molecular weight excluding hydrogens is 169 g/mol. The van der Waals surface area contributed by atoms with Crippen molar-refractivity contribution in [1.82, 2.24) is 4.90 Å². The van der Waals surface area contributed by atoms with Crippen LogP contribution in [-0.4, -0.2) is 23.9 Å². The maximum absolute atomic E-state index is 12.8. The molecule has 74 valence electrons. The number of nitrogens with zero attached hydrogens (tertiary/aromatic N) is 1. The van der Waals surface area contributed by atoms with Crippen molar-refractivity contribution in [2.24, 2.45) is 5.92 Å². The Labute approximate surface area is 78.4 Å². The summed E-state index contributed by atoms with van der Waals surface area (Å²) >= 11 is 0. The normalized spacial score (nSPS) is 19.6. The van der Waals surface area contributed by atoms with E-state index >= 15 is 0 Å². The van der Waals surface area contributed by atoms with Gasteiger partial charge in [0.15, 0.2) is 0 Å². The van der Waals surface area contributed by atoms with Gasteiger partial charge in [-0.2, -0.15) is 0 Å². The van der Waals surface area contributed by atoms with E-state index in [1.165, 1.54) is 0 Å². The molecule has 0 aromatic rings. The smallest absolute Gasteiger partial charge is 0.225 e. The van der Waals surface area contributed by atoms with Crippen LogP contribution in [0.15, 0.2) is 11.9 Å². The predicted octanol–water partition coefficient (Wildman–Crippen LogP) is 2.12. The van der Waals surface area contributed by atoms with Gasteiger partial charge in [0, 0.05) is 12.5 Å². The van der Waals surface area contributed by atoms with Crippen LogP contribution in [0.4, 0.5) is 4.39 Å². The third-order valence-electron chi connectivity index (χ3n) is 2.45. The van der Waals surface area contributed by atoms with Crippen molar-refractivity contribution in [3.8, 4) is 0 Å². The van der Waals surface area contributed by atoms with Crippen molar-refractivity contribution >= 4 is 5.91 Å². The zero-order valence-corrected chi connectivity index (χ0v) is 8.22. The SMILES string of the molecule is CCC(C)C(=O)N1CCC=C(F)C1. The van der Waals surface area contributed by atoms with Crippen LogP contribution in [0.1, 0.15) is 26.7 Å². The fourth-order valence-electron chi connectivity index (χ4n) is 1.38. The lowest BCUT2D eigenvalue weighted by Crippen LogP contribution is -2.38. The molecule has 1 aliphatic heterocycles. The second-order valence-corrected chi connectivity index (χ2v) is 3.51. The highest BCUT2D eigenvalue weighted by molar-refractivity contribution is 5.78. The van der Waals surface area contributed by atoms with Crippen molar-refractivity contribution in [3.05, 3.63) is 11.9 Å². The van der Waals surface area contributed by atoms with Gasteiger partial charge in [-0.05, 0) is 18.9 Å². The number of rotatable bonds is 2. The number of amides is 1. The van der Waals surface area contributed by atoms with E-state index < -0.39 is 0 Å². The number of hydrogen-bond acceptors (Lipinski definition) is 1. The first-order valence-corrected chi connectivity index (χ1v) is 4.78. The lowest BCUT2D eigenvalue weighted by molar-refractivity contribution is -0.135. The Kier molecular flexibility index (Phi) is 3.46. The summed E-state index contributed by atoms with van der Waals surface area (Å²) in [6.45, 7) is 4.69. The van der Waals surface area contributed by atoms with E-state index in [9.17, 15) is 9.18 Å². The first-order chi connectivity index (χ1) is 6.15. The lowest BCUT2D eigenvalue weighted by Gasteiger charge is -2.26. The molecule has 13 heavy (non-hydrogen) atoms. The summed E-state index contributed by atoms with van der Waals surface area (Å²) in [5.41, 5.74) is 0. The third kappa shape index (κ3) is 2.54. The van der Waals surface area contributed by atoms with Crippen molar-refractivity contribution in [1.29, 1.82) is 0 Å². The molecular formula is C10H16FNO. The average molecular weight is 185 g/mol. The molecule has 0 fully saturated rings. The maximum atomic E-state index is 12.8. The number of halogens is 1. The Bertz CT molecular complexity index is 225. The molecule has 0 aliphatic carbocycles. The molecule has 1 rings (SSSR count). The first kappa shape index (κ1) is 10.2. The Morgan fingerprint density at radius 3 is 3.00 bits per heavy atom. The van der Waals surface area contributed by atoms with Gasteiger partial charge in [0.25, 0.3) is 0 Å². The molecule has 0 radical (unpaired) electrons. The van der Waals surface area contributed by atoms with Gasteiger partial charge in [-0.15, -0.1) is 0 Å². The molecule has 2 nitrogen and oxygen atoms in total. The van der Waals surface area contributed by atoms with E-state index in [1.807, 2.05) is 13.8 Å². The van der Waals surface area contributed by atoms with Crippen LogP contribution in [0.25, 0.3) is 0 Å². The zero-order valence-electron chi connectivity index (χ0n) is 8.22. The zero-order chi connectivity index (χ0) is 9.84. The molecule has 1 atom stereocenters. The van der Waals surface area contributed by atoms with Crippen LogP contribution >= 0.6 is 0 Å². The van der Waals surface area contributed by atoms with Gasteiger partial charge in [-0.25, -0.2) is 4.39 Å². The van der Waals surface area contributed by atoms with E-state index in [4.69, 9.17) is 0 Å². The Balaban J connectivity index is 2.53. The van der Waals surface area contributed by atoms with E-state index in [2.05, 4.69) is 0 Å². The second kappa shape index (κ2) is 4.40. The highest BCUT2D eigenvalue weighted by Crippen LogP contribution is 2.14. The summed E-state index contributed by atoms with van der Waals surface area (Å²) in [6.07, 6.45) is 3.02. The van der Waals surface area contributed by atoms with Crippen LogP contribution < -0.4 is 0 Å². The summed E-state index contributed by atoms with van der Waals surface area (Å²) in [7, 11) is 0. The van der Waals surface area contributed by atoms with Crippen LogP contribution in [0.3, 0.4) is 0 Å². The molecule has 0 spiro atoms. The lowest BCUT2D eigenvalue weighted by atomic mass is 10.1. The molecule has 1 unspecified atom stereocenters. The van der Waals surface area contributed by atoms with Crippen LogP contribution in [0.2, 0.25) is 0 Å². The minimum absolute atomic E-state index is 0.0194. The van der Waals surface area contributed by atoms with E-state index in [0.717, 1.165) is 6.42 Å². The molecule has 1 aliphatic rings. The van der Waals surface area contributed by atoms with Gasteiger partial charge >= 0.3 is 0 Å². The minimum Gasteiger partial charge on any atom is -0.335 e. The van der Waals surface area contributed by atoms with Gasteiger partial charge in [-0.1, -0.05) is 13.8 Å². The molecule has 0 aromatic heterocycles. The molecule has 0 N–H and O–H groups in total. The fourth-order valence-corrected chi connectivity index (χ4v) is 1.38. The summed E-state index contributed by atoms with van der Waals surface area (Å²) < 4.78 is 12.8. The molecule has 0 aromatic carbocycles. The van der Waals surface area contributed by atoms with E-state index in [-0.39, 0.29) is 24.2 Å². The maximum Gasteiger partial charge on any atom is 0.225 e. The van der Waals surface area contributed by atoms with Crippen LogP contribution in [0, 0.1) is 5.92 Å². The standard InChI is InChI=1S/C10H16FNO/c1-3-8(2)10(13)12-6-4-5-9(11)7-12/h5,8H,3-4,6-7H2,1-2H3. The van der Waals surface area contributed by atoms with Crippen molar-refractivity contribution in [3.63, 3.8) is 0 Å². The predicted molar refractivity (Wildman–Crippen MR) is 49.8 cm³/mol.